The number of nitrogens with one attached hydrogen (secondary N) is 1. The van der Waals surface area contributed by atoms with Crippen molar-refractivity contribution >= 4 is 11.7 Å². The lowest BCUT2D eigenvalue weighted by atomic mass is 10.2. The van der Waals surface area contributed by atoms with Crippen molar-refractivity contribution in [1.82, 2.24) is 15.1 Å². The monoisotopic (exact) mass is 210 g/mol. The molecule has 0 aliphatic carbocycles. The van der Waals surface area contributed by atoms with Gasteiger partial charge in [0.2, 0.25) is 0 Å². The van der Waals surface area contributed by atoms with E-state index in [1.807, 2.05) is 20.8 Å². The van der Waals surface area contributed by atoms with Gasteiger partial charge in [0.25, 0.3) is 5.91 Å². The van der Waals surface area contributed by atoms with Crippen molar-refractivity contribution in [3.8, 4) is 0 Å². The Balaban J connectivity index is 2.69. The topological polar surface area (TPSA) is 72.9 Å². The zero-order valence-corrected chi connectivity index (χ0v) is 9.45. The fourth-order valence-corrected chi connectivity index (χ4v) is 1.21. The average Bonchev–Trinajstić information content (AvgIpc) is 2.56. The van der Waals surface area contributed by atoms with E-state index in [1.165, 1.54) is 6.20 Å². The molecular formula is C10H18N4O. The molecule has 0 fully saturated rings. The Morgan fingerprint density at radius 3 is 2.80 bits per heavy atom. The number of amides is 1. The van der Waals surface area contributed by atoms with Crippen molar-refractivity contribution < 1.29 is 4.79 Å². The van der Waals surface area contributed by atoms with Gasteiger partial charge < -0.3 is 11.1 Å². The van der Waals surface area contributed by atoms with E-state index in [4.69, 9.17) is 5.73 Å². The minimum absolute atomic E-state index is 0.152. The lowest BCUT2D eigenvalue weighted by Crippen LogP contribution is -2.27. The zero-order valence-electron chi connectivity index (χ0n) is 9.45. The van der Waals surface area contributed by atoms with Crippen LogP contribution in [0.4, 0.5) is 5.82 Å². The number of nitrogen functional groups attached to an aromatic ring is 1. The van der Waals surface area contributed by atoms with Crippen molar-refractivity contribution in [2.45, 2.75) is 27.3 Å². The van der Waals surface area contributed by atoms with Gasteiger partial charge in [-0.1, -0.05) is 13.8 Å². The largest absolute Gasteiger partial charge is 0.383 e. The van der Waals surface area contributed by atoms with Gasteiger partial charge in [0.15, 0.2) is 0 Å². The average molecular weight is 210 g/mol. The molecular weight excluding hydrogens is 192 g/mol. The summed E-state index contributed by atoms with van der Waals surface area (Å²) >= 11 is 0. The minimum atomic E-state index is -0.152. The lowest BCUT2D eigenvalue weighted by Gasteiger charge is -2.07. The molecule has 0 radical (unpaired) electrons. The first-order valence-corrected chi connectivity index (χ1v) is 5.15. The Morgan fingerprint density at radius 2 is 2.33 bits per heavy atom. The molecule has 0 bridgehead atoms. The molecule has 5 nitrogen and oxygen atoms in total. The van der Waals surface area contributed by atoms with Crippen LogP contribution in [0.1, 0.15) is 31.1 Å². The molecule has 0 unspecified atom stereocenters. The maximum Gasteiger partial charge on any atom is 0.256 e. The third-order valence-electron chi connectivity index (χ3n) is 2.10. The lowest BCUT2D eigenvalue weighted by molar-refractivity contribution is 0.0950. The van der Waals surface area contributed by atoms with E-state index in [9.17, 15) is 4.79 Å². The number of carbonyl (C=O) groups excluding carboxylic acids is 1. The van der Waals surface area contributed by atoms with Crippen molar-refractivity contribution in [3.05, 3.63) is 11.8 Å². The Morgan fingerprint density at radius 1 is 1.67 bits per heavy atom. The molecule has 0 saturated carbocycles. The molecule has 0 atom stereocenters. The first kappa shape index (κ1) is 11.6. The van der Waals surface area contributed by atoms with E-state index in [0.717, 1.165) is 0 Å². The SMILES string of the molecule is CCn1ncc(C(=O)NCC(C)C)c1N. The summed E-state index contributed by atoms with van der Waals surface area (Å²) in [6, 6.07) is 0. The van der Waals surface area contributed by atoms with Crippen molar-refractivity contribution in [1.29, 1.82) is 0 Å². The third kappa shape index (κ3) is 2.71. The Hall–Kier alpha value is -1.52. The highest BCUT2D eigenvalue weighted by Crippen LogP contribution is 2.10. The van der Waals surface area contributed by atoms with Crippen molar-refractivity contribution in [2.24, 2.45) is 5.92 Å². The predicted octanol–water partition coefficient (Wildman–Crippen LogP) is 0.871. The van der Waals surface area contributed by atoms with Gasteiger partial charge >= 0.3 is 0 Å². The number of aromatic nitrogens is 2. The van der Waals surface area contributed by atoms with Gasteiger partial charge in [0.05, 0.1) is 6.20 Å². The Bertz CT molecular complexity index is 343. The van der Waals surface area contributed by atoms with Crippen LogP contribution >= 0.6 is 0 Å². The highest BCUT2D eigenvalue weighted by atomic mass is 16.1. The number of carbonyl (C=O) groups is 1. The fourth-order valence-electron chi connectivity index (χ4n) is 1.21. The number of aryl methyl sites for hydroxylation is 1. The summed E-state index contributed by atoms with van der Waals surface area (Å²) in [4.78, 5) is 11.7. The molecule has 0 aliphatic heterocycles. The molecule has 3 N–H and O–H groups in total. The van der Waals surface area contributed by atoms with Gasteiger partial charge in [-0.3, -0.25) is 4.79 Å². The van der Waals surface area contributed by atoms with E-state index in [0.29, 0.717) is 30.4 Å². The highest BCUT2D eigenvalue weighted by Gasteiger charge is 2.13. The number of nitrogens with zero attached hydrogens (tertiary/aromatic N) is 2. The molecule has 0 spiro atoms. The molecule has 1 amide bonds. The molecule has 84 valence electrons. The Labute approximate surface area is 89.6 Å². The molecule has 1 rings (SSSR count). The van der Waals surface area contributed by atoms with E-state index in [1.54, 1.807) is 4.68 Å². The summed E-state index contributed by atoms with van der Waals surface area (Å²) in [5.41, 5.74) is 6.22. The minimum Gasteiger partial charge on any atom is -0.383 e. The predicted molar refractivity (Wildman–Crippen MR) is 59.5 cm³/mol. The van der Waals surface area contributed by atoms with Crippen LogP contribution in [0, 0.1) is 5.92 Å². The highest BCUT2D eigenvalue weighted by molar-refractivity contribution is 5.98. The van der Waals surface area contributed by atoms with Gasteiger partial charge in [-0.05, 0) is 12.8 Å². The fraction of sp³-hybridized carbons (Fsp3) is 0.600. The molecule has 0 aromatic carbocycles. The molecule has 1 heterocycles. The summed E-state index contributed by atoms with van der Waals surface area (Å²) < 4.78 is 1.60. The van der Waals surface area contributed by atoms with Crippen LogP contribution < -0.4 is 11.1 Å². The van der Waals surface area contributed by atoms with E-state index in [-0.39, 0.29) is 5.91 Å². The van der Waals surface area contributed by atoms with Crippen LogP contribution in [-0.2, 0) is 6.54 Å². The second-order valence-electron chi connectivity index (χ2n) is 3.86. The molecule has 1 aromatic heterocycles. The van der Waals surface area contributed by atoms with Gasteiger partial charge in [0, 0.05) is 13.1 Å². The van der Waals surface area contributed by atoms with Gasteiger partial charge in [0.1, 0.15) is 11.4 Å². The number of nitrogens with two attached hydrogens (primary N) is 1. The first-order chi connectivity index (χ1) is 7.06. The maximum absolute atomic E-state index is 11.7. The summed E-state index contributed by atoms with van der Waals surface area (Å²) in [7, 11) is 0. The van der Waals surface area contributed by atoms with Gasteiger partial charge in [-0.15, -0.1) is 0 Å². The number of anilines is 1. The van der Waals surface area contributed by atoms with E-state index < -0.39 is 0 Å². The van der Waals surface area contributed by atoms with E-state index >= 15 is 0 Å². The molecule has 5 heteroatoms. The van der Waals surface area contributed by atoms with Crippen LogP contribution in [0.2, 0.25) is 0 Å². The second-order valence-corrected chi connectivity index (χ2v) is 3.86. The van der Waals surface area contributed by atoms with Gasteiger partial charge in [-0.25, -0.2) is 4.68 Å². The maximum atomic E-state index is 11.7. The summed E-state index contributed by atoms with van der Waals surface area (Å²) in [6.45, 7) is 7.33. The number of rotatable bonds is 4. The summed E-state index contributed by atoms with van der Waals surface area (Å²) in [6.07, 6.45) is 1.51. The van der Waals surface area contributed by atoms with Crippen LogP contribution in [-0.4, -0.2) is 22.2 Å². The second kappa shape index (κ2) is 4.82. The number of hydrogen-bond donors (Lipinski definition) is 2. The standard InChI is InChI=1S/C10H18N4O/c1-4-14-9(11)8(6-13-14)10(15)12-5-7(2)3/h6-7H,4-5,11H2,1-3H3,(H,12,15). The first-order valence-electron chi connectivity index (χ1n) is 5.15. The van der Waals surface area contributed by atoms with Crippen LogP contribution in [0.3, 0.4) is 0 Å². The third-order valence-corrected chi connectivity index (χ3v) is 2.10. The van der Waals surface area contributed by atoms with E-state index in [2.05, 4.69) is 10.4 Å². The molecule has 0 aliphatic rings. The molecule has 15 heavy (non-hydrogen) atoms. The van der Waals surface area contributed by atoms with Gasteiger partial charge in [-0.2, -0.15) is 5.10 Å². The zero-order chi connectivity index (χ0) is 11.4. The smallest absolute Gasteiger partial charge is 0.256 e. The Kier molecular flexibility index (Phi) is 3.71. The quantitative estimate of drug-likeness (QED) is 0.774. The molecule has 1 aromatic rings. The summed E-state index contributed by atoms with van der Waals surface area (Å²) in [5, 5.41) is 6.82. The normalized spacial score (nSPS) is 10.7. The van der Waals surface area contributed by atoms with Crippen molar-refractivity contribution in [2.75, 3.05) is 12.3 Å². The number of hydrogen-bond acceptors (Lipinski definition) is 3. The van der Waals surface area contributed by atoms with Crippen LogP contribution in [0.25, 0.3) is 0 Å². The summed E-state index contributed by atoms with van der Waals surface area (Å²) in [5.74, 6) is 0.705. The van der Waals surface area contributed by atoms with Crippen molar-refractivity contribution in [3.63, 3.8) is 0 Å². The van der Waals surface area contributed by atoms with Crippen LogP contribution in [0.15, 0.2) is 6.20 Å². The molecule has 0 saturated heterocycles. The van der Waals surface area contributed by atoms with Crippen LogP contribution in [0.5, 0.6) is 0 Å².